The van der Waals surface area contributed by atoms with Crippen LogP contribution in [0.3, 0.4) is 0 Å². The monoisotopic (exact) mass is 857 g/mol. The third kappa shape index (κ3) is 27.5. The fourth-order valence-corrected chi connectivity index (χ4v) is 9.01. The predicted octanol–water partition coefficient (Wildman–Crippen LogP) is 17.4. The molecule has 0 aliphatic heterocycles. The van der Waals surface area contributed by atoms with Crippen LogP contribution < -0.4 is 0 Å². The molecule has 0 saturated heterocycles. The zero-order valence-corrected chi connectivity index (χ0v) is 32.6. The van der Waals surface area contributed by atoms with Gasteiger partial charge < -0.3 is 14.2 Å². The first-order valence-corrected chi connectivity index (χ1v) is 20.3. The Labute approximate surface area is 379 Å². The molecule has 4 fully saturated rings. The lowest BCUT2D eigenvalue weighted by atomic mass is 9.70. The van der Waals surface area contributed by atoms with Crippen molar-refractivity contribution >= 4 is 17.9 Å². The molecular formula is C54H112O6. The lowest BCUT2D eigenvalue weighted by Crippen LogP contribution is -2.33. The van der Waals surface area contributed by atoms with Crippen LogP contribution in [0.2, 0.25) is 0 Å². The molecule has 4 aliphatic rings. The van der Waals surface area contributed by atoms with Crippen molar-refractivity contribution < 1.29 is 28.6 Å². The van der Waals surface area contributed by atoms with Gasteiger partial charge in [-0.2, -0.15) is 0 Å². The molecule has 0 N–H and O–H groups in total. The summed E-state index contributed by atoms with van der Waals surface area (Å²) in [5, 5.41) is 0. The summed E-state index contributed by atoms with van der Waals surface area (Å²) < 4.78 is 16.2. The van der Waals surface area contributed by atoms with Crippen molar-refractivity contribution in [3.8, 4) is 0 Å². The van der Waals surface area contributed by atoms with Crippen LogP contribution in [0.4, 0.5) is 0 Å². The summed E-state index contributed by atoms with van der Waals surface area (Å²) in [5.74, 6) is 5.49. The summed E-state index contributed by atoms with van der Waals surface area (Å²) in [6.45, 7) is 22.1. The van der Waals surface area contributed by atoms with E-state index in [0.29, 0.717) is 48.4 Å². The molecule has 4 aliphatic carbocycles. The van der Waals surface area contributed by atoms with Gasteiger partial charge in [0.25, 0.3) is 0 Å². The molecule has 0 amide bonds. The highest BCUT2D eigenvalue weighted by Gasteiger charge is 2.34. The van der Waals surface area contributed by atoms with Gasteiger partial charge in [-0.25, -0.2) is 14.4 Å². The number of hydrogen-bond acceptors (Lipinski definition) is 6. The van der Waals surface area contributed by atoms with Crippen LogP contribution in [-0.4, -0.2) is 37.7 Å². The second-order valence-electron chi connectivity index (χ2n) is 17.1. The van der Waals surface area contributed by atoms with E-state index in [4.69, 9.17) is 14.2 Å². The Balaban J connectivity index is -0.000000131. The standard InChI is InChI=1S/C24H38O4.C20H34O2.10CH4/c1-16(2)23(25)27-14-21-11-10-20(12-19-8-6-18(5)7-9-19)13-22(21)15-28-24(26)17(3)4;1-4-16-5-7-17(8-6-16)13-18-9-11-19(12-10-18)14-22-20(21)15(2)3;;;;;;;;;;/h18-22H,1,3,6-15H2,2,4-5H3;16-19H,2,4-14H2,1,3H3;10*1H4. The minimum atomic E-state index is -0.337. The van der Waals surface area contributed by atoms with Crippen LogP contribution in [0.1, 0.15) is 224 Å². The molecule has 4 rings (SSSR count). The second-order valence-corrected chi connectivity index (χ2v) is 17.1. The van der Waals surface area contributed by atoms with Gasteiger partial charge in [0.05, 0.1) is 19.8 Å². The number of ether oxygens (including phenoxy) is 3. The molecule has 0 spiro atoms. The third-order valence-electron chi connectivity index (χ3n) is 12.6. The Morgan fingerprint density at radius 2 is 0.717 bits per heavy atom. The maximum absolute atomic E-state index is 11.9. The fourth-order valence-electron chi connectivity index (χ4n) is 9.01. The summed E-state index contributed by atoms with van der Waals surface area (Å²) in [4.78, 5) is 35.1. The summed E-state index contributed by atoms with van der Waals surface area (Å²) in [6, 6.07) is 0. The maximum atomic E-state index is 11.9. The van der Waals surface area contributed by atoms with Crippen LogP contribution in [0.5, 0.6) is 0 Å². The molecular weight excluding hydrogens is 745 g/mol. The lowest BCUT2D eigenvalue weighted by molar-refractivity contribution is -0.146. The minimum absolute atomic E-state index is 0. The number of hydrogen-bond donors (Lipinski definition) is 0. The SMILES string of the molecule is C.C.C.C.C.C.C.C.C.C.C=C(C)C(=O)OCC1CCC(CC2CCC(C)CC2)CC1COC(=O)C(=C)C.C=C(C)C(=O)OCC1CCC(CC2CCC(CC)CC2)CC1. The highest BCUT2D eigenvalue weighted by molar-refractivity contribution is 5.87. The summed E-state index contributed by atoms with van der Waals surface area (Å²) >= 11 is 0. The van der Waals surface area contributed by atoms with Crippen molar-refractivity contribution in [3.63, 3.8) is 0 Å². The van der Waals surface area contributed by atoms with Gasteiger partial charge in [0.15, 0.2) is 0 Å². The Kier molecular flexibility index (Phi) is 49.4. The van der Waals surface area contributed by atoms with Gasteiger partial charge in [-0.05, 0) is 113 Å². The van der Waals surface area contributed by atoms with Gasteiger partial charge in [0, 0.05) is 16.7 Å². The van der Waals surface area contributed by atoms with E-state index in [1.165, 1.54) is 103 Å². The molecule has 60 heavy (non-hydrogen) atoms. The average molecular weight is 857 g/mol. The van der Waals surface area contributed by atoms with Gasteiger partial charge in [0.1, 0.15) is 0 Å². The Morgan fingerprint density at radius 3 is 1.10 bits per heavy atom. The number of rotatable bonds is 14. The van der Waals surface area contributed by atoms with E-state index >= 15 is 0 Å². The zero-order valence-electron chi connectivity index (χ0n) is 32.6. The largest absolute Gasteiger partial charge is 0.462 e. The number of carbonyl (C=O) groups is 3. The van der Waals surface area contributed by atoms with Gasteiger partial charge in [0.2, 0.25) is 0 Å². The molecule has 4 saturated carbocycles. The van der Waals surface area contributed by atoms with Crippen LogP contribution >= 0.6 is 0 Å². The lowest BCUT2D eigenvalue weighted by Gasteiger charge is -2.38. The molecule has 6 heteroatoms. The molecule has 3 atom stereocenters. The molecule has 0 radical (unpaired) electrons. The summed E-state index contributed by atoms with van der Waals surface area (Å²) in [7, 11) is 0. The smallest absolute Gasteiger partial charge is 0.333 e. The van der Waals surface area contributed by atoms with Crippen molar-refractivity contribution in [2.45, 2.75) is 224 Å². The minimum Gasteiger partial charge on any atom is -0.462 e. The van der Waals surface area contributed by atoms with Crippen molar-refractivity contribution in [2.75, 3.05) is 19.8 Å². The molecule has 6 nitrogen and oxygen atoms in total. The van der Waals surface area contributed by atoms with Crippen LogP contribution in [0, 0.1) is 53.3 Å². The first-order chi connectivity index (χ1) is 23.8. The van der Waals surface area contributed by atoms with Crippen molar-refractivity contribution in [1.29, 1.82) is 0 Å². The maximum Gasteiger partial charge on any atom is 0.333 e. The molecule has 0 bridgehead atoms. The Hall–Kier alpha value is -2.37. The molecule has 3 unspecified atom stereocenters. The predicted molar refractivity (Wildman–Crippen MR) is 270 cm³/mol. The molecule has 0 heterocycles. The van der Waals surface area contributed by atoms with Crippen LogP contribution in [0.15, 0.2) is 36.5 Å². The third-order valence-corrected chi connectivity index (χ3v) is 12.6. The quantitative estimate of drug-likeness (QED) is 0.0984. The first kappa shape index (κ1) is 75.0. The second kappa shape index (κ2) is 39.5. The van der Waals surface area contributed by atoms with Gasteiger partial charge >= 0.3 is 17.9 Å². The van der Waals surface area contributed by atoms with E-state index in [2.05, 4.69) is 33.6 Å². The highest BCUT2D eigenvalue weighted by Crippen LogP contribution is 2.42. The number of carbonyl (C=O) groups excluding carboxylic acids is 3. The Bertz CT molecular complexity index is 1100. The molecule has 0 aromatic rings. The zero-order chi connectivity index (χ0) is 36.6. The molecule has 0 aromatic heterocycles. The highest BCUT2D eigenvalue weighted by atomic mass is 16.5. The van der Waals surface area contributed by atoms with Gasteiger partial charge in [-0.1, -0.05) is 185 Å². The van der Waals surface area contributed by atoms with Gasteiger partial charge in [-0.3, -0.25) is 0 Å². The number of esters is 3. The van der Waals surface area contributed by atoms with E-state index in [-0.39, 0.29) is 104 Å². The molecule has 0 aromatic carbocycles. The van der Waals surface area contributed by atoms with Crippen molar-refractivity contribution in [3.05, 3.63) is 36.5 Å². The molecule has 364 valence electrons. The first-order valence-electron chi connectivity index (χ1n) is 20.3. The van der Waals surface area contributed by atoms with E-state index in [1.807, 2.05) is 0 Å². The topological polar surface area (TPSA) is 78.9 Å². The fraction of sp³-hybridized carbons (Fsp3) is 0.833. The van der Waals surface area contributed by atoms with E-state index in [1.54, 1.807) is 20.8 Å². The van der Waals surface area contributed by atoms with Gasteiger partial charge in [-0.15, -0.1) is 0 Å². The summed E-state index contributed by atoms with van der Waals surface area (Å²) in [6.07, 6.45) is 23.8. The Morgan fingerprint density at radius 1 is 0.417 bits per heavy atom. The van der Waals surface area contributed by atoms with Crippen LogP contribution in [-0.2, 0) is 28.6 Å². The van der Waals surface area contributed by atoms with E-state index in [9.17, 15) is 14.4 Å². The van der Waals surface area contributed by atoms with Crippen LogP contribution in [0.25, 0.3) is 0 Å². The van der Waals surface area contributed by atoms with Crippen molar-refractivity contribution in [2.24, 2.45) is 53.3 Å². The van der Waals surface area contributed by atoms with E-state index in [0.717, 1.165) is 42.4 Å². The van der Waals surface area contributed by atoms with E-state index < -0.39 is 0 Å². The summed E-state index contributed by atoms with van der Waals surface area (Å²) in [5.41, 5.74) is 1.36. The average Bonchev–Trinajstić information content (AvgIpc) is 3.11. The van der Waals surface area contributed by atoms with Crippen molar-refractivity contribution in [1.82, 2.24) is 0 Å². The normalized spacial score (nSPS) is 26.1.